The third-order valence-electron chi connectivity index (χ3n) is 3.22. The summed E-state index contributed by atoms with van der Waals surface area (Å²) in [6.45, 7) is 6.91. The van der Waals surface area contributed by atoms with E-state index in [4.69, 9.17) is 4.74 Å². The lowest BCUT2D eigenvalue weighted by atomic mass is 9.93. The molecule has 6 nitrogen and oxygen atoms in total. The van der Waals surface area contributed by atoms with Gasteiger partial charge in [-0.15, -0.1) is 0 Å². The molecule has 0 radical (unpaired) electrons. The van der Waals surface area contributed by atoms with Crippen LogP contribution >= 0.6 is 0 Å². The van der Waals surface area contributed by atoms with Gasteiger partial charge in [0.25, 0.3) is 0 Å². The van der Waals surface area contributed by atoms with Gasteiger partial charge >= 0.3 is 0 Å². The maximum atomic E-state index is 10.5. The monoisotopic (exact) mass is 254 g/mol. The molecule has 2 unspecified atom stereocenters. The Hall–Kier alpha value is -0.980. The van der Waals surface area contributed by atoms with E-state index < -0.39 is 5.60 Å². The summed E-state index contributed by atoms with van der Waals surface area (Å²) in [5, 5.41) is 18.0. The lowest BCUT2D eigenvalue weighted by molar-refractivity contribution is 0.00481. The quantitative estimate of drug-likeness (QED) is 0.772. The Morgan fingerprint density at radius 1 is 1.67 bits per heavy atom. The first-order valence-corrected chi connectivity index (χ1v) is 6.51. The van der Waals surface area contributed by atoms with Crippen molar-refractivity contribution in [3.8, 4) is 0 Å². The fourth-order valence-corrected chi connectivity index (χ4v) is 2.38. The van der Waals surface area contributed by atoms with Crippen molar-refractivity contribution in [1.29, 1.82) is 0 Å². The number of aromatic nitrogens is 3. The topological polar surface area (TPSA) is 72.2 Å². The van der Waals surface area contributed by atoms with E-state index >= 15 is 0 Å². The van der Waals surface area contributed by atoms with Crippen LogP contribution in [-0.2, 0) is 17.7 Å². The van der Waals surface area contributed by atoms with Gasteiger partial charge in [0.15, 0.2) is 0 Å². The molecule has 2 heterocycles. The van der Waals surface area contributed by atoms with Gasteiger partial charge in [-0.05, 0) is 20.3 Å². The average molecular weight is 254 g/mol. The van der Waals surface area contributed by atoms with Crippen molar-refractivity contribution in [3.63, 3.8) is 0 Å². The molecule has 0 bridgehead atoms. The minimum absolute atomic E-state index is 0.215. The van der Waals surface area contributed by atoms with Crippen LogP contribution in [0, 0.1) is 0 Å². The van der Waals surface area contributed by atoms with Crippen LogP contribution in [-0.4, -0.2) is 51.3 Å². The number of nitrogens with one attached hydrogen (secondary N) is 1. The standard InChI is InChI=1S/C12H22N4O2/c1-3-16-11(14-9-15-16)7-12(2,17)6-10-8-18-5-4-13-10/h9-10,13,17H,3-8H2,1-2H3. The van der Waals surface area contributed by atoms with E-state index in [-0.39, 0.29) is 6.04 Å². The number of ether oxygens (including phenoxy) is 1. The number of nitrogens with zero attached hydrogens (tertiary/aromatic N) is 3. The van der Waals surface area contributed by atoms with Crippen LogP contribution in [0.3, 0.4) is 0 Å². The van der Waals surface area contributed by atoms with Crippen molar-refractivity contribution in [1.82, 2.24) is 20.1 Å². The molecule has 1 aromatic rings. The maximum absolute atomic E-state index is 10.5. The lowest BCUT2D eigenvalue weighted by Crippen LogP contribution is -2.46. The van der Waals surface area contributed by atoms with E-state index in [0.717, 1.165) is 25.5 Å². The van der Waals surface area contributed by atoms with E-state index in [1.54, 1.807) is 0 Å². The summed E-state index contributed by atoms with van der Waals surface area (Å²) in [6, 6.07) is 0.215. The van der Waals surface area contributed by atoms with Crippen molar-refractivity contribution in [3.05, 3.63) is 12.2 Å². The van der Waals surface area contributed by atoms with E-state index in [1.807, 2.05) is 18.5 Å². The van der Waals surface area contributed by atoms with Gasteiger partial charge in [0.05, 0.1) is 18.8 Å². The Morgan fingerprint density at radius 2 is 2.50 bits per heavy atom. The van der Waals surface area contributed by atoms with Gasteiger partial charge < -0.3 is 15.2 Å². The zero-order valence-electron chi connectivity index (χ0n) is 11.1. The molecule has 1 aliphatic rings. The number of hydrogen-bond donors (Lipinski definition) is 2. The number of aryl methyl sites for hydroxylation is 1. The highest BCUT2D eigenvalue weighted by atomic mass is 16.5. The van der Waals surface area contributed by atoms with Crippen LogP contribution in [0.15, 0.2) is 6.33 Å². The Kier molecular flexibility index (Phi) is 4.31. The Morgan fingerprint density at radius 3 is 3.17 bits per heavy atom. The molecule has 1 fully saturated rings. The van der Waals surface area contributed by atoms with Crippen molar-refractivity contribution in [2.45, 2.75) is 44.9 Å². The van der Waals surface area contributed by atoms with Crippen LogP contribution in [0.2, 0.25) is 0 Å². The second-order valence-corrected chi connectivity index (χ2v) is 5.10. The second kappa shape index (κ2) is 5.77. The summed E-state index contributed by atoms with van der Waals surface area (Å²) in [5.74, 6) is 0.833. The normalized spacial score (nSPS) is 23.8. The molecule has 2 rings (SSSR count). The molecule has 18 heavy (non-hydrogen) atoms. The molecule has 0 aromatic carbocycles. The van der Waals surface area contributed by atoms with E-state index in [1.165, 1.54) is 6.33 Å². The first kappa shape index (κ1) is 13.5. The van der Waals surface area contributed by atoms with E-state index in [0.29, 0.717) is 19.4 Å². The van der Waals surface area contributed by atoms with Crippen molar-refractivity contribution in [2.75, 3.05) is 19.8 Å². The number of hydrogen-bond acceptors (Lipinski definition) is 5. The molecule has 1 aromatic heterocycles. The molecule has 6 heteroatoms. The predicted molar refractivity (Wildman–Crippen MR) is 67.3 cm³/mol. The van der Waals surface area contributed by atoms with Crippen molar-refractivity contribution >= 4 is 0 Å². The van der Waals surface area contributed by atoms with Crippen molar-refractivity contribution in [2.24, 2.45) is 0 Å². The summed E-state index contributed by atoms with van der Waals surface area (Å²) in [6.07, 6.45) is 2.71. The SMILES string of the molecule is CCn1ncnc1CC(C)(O)CC1COCCN1. The summed E-state index contributed by atoms with van der Waals surface area (Å²) >= 11 is 0. The molecular formula is C12H22N4O2. The molecule has 2 N–H and O–H groups in total. The van der Waals surface area contributed by atoms with Crippen LogP contribution in [0.1, 0.15) is 26.1 Å². The molecule has 1 saturated heterocycles. The summed E-state index contributed by atoms with van der Waals surface area (Å²) in [7, 11) is 0. The van der Waals surface area contributed by atoms with Gasteiger partial charge in [-0.2, -0.15) is 5.10 Å². The highest BCUT2D eigenvalue weighted by molar-refractivity contribution is 4.94. The van der Waals surface area contributed by atoms with E-state index in [2.05, 4.69) is 15.4 Å². The first-order valence-electron chi connectivity index (χ1n) is 6.51. The average Bonchev–Trinajstić information content (AvgIpc) is 2.76. The molecular weight excluding hydrogens is 232 g/mol. The van der Waals surface area contributed by atoms with Crippen LogP contribution in [0.25, 0.3) is 0 Å². The van der Waals surface area contributed by atoms with Crippen molar-refractivity contribution < 1.29 is 9.84 Å². The molecule has 0 spiro atoms. The largest absolute Gasteiger partial charge is 0.390 e. The molecule has 0 saturated carbocycles. The molecule has 1 aliphatic heterocycles. The summed E-state index contributed by atoms with van der Waals surface area (Å²) in [5.41, 5.74) is -0.793. The van der Waals surface area contributed by atoms with Gasteiger partial charge in [0.2, 0.25) is 0 Å². The highest BCUT2D eigenvalue weighted by Crippen LogP contribution is 2.18. The number of rotatable bonds is 5. The number of morpholine rings is 1. The molecule has 2 atom stereocenters. The zero-order valence-corrected chi connectivity index (χ0v) is 11.1. The first-order chi connectivity index (χ1) is 8.61. The van der Waals surface area contributed by atoms with Crippen LogP contribution in [0.5, 0.6) is 0 Å². The lowest BCUT2D eigenvalue weighted by Gasteiger charge is -2.31. The Balaban J connectivity index is 1.93. The van der Waals surface area contributed by atoms with Crippen LogP contribution in [0.4, 0.5) is 0 Å². The summed E-state index contributed by atoms with van der Waals surface area (Å²) in [4.78, 5) is 4.21. The maximum Gasteiger partial charge on any atom is 0.138 e. The van der Waals surface area contributed by atoms with Crippen LogP contribution < -0.4 is 5.32 Å². The van der Waals surface area contributed by atoms with Gasteiger partial charge in [-0.25, -0.2) is 4.98 Å². The minimum atomic E-state index is -0.793. The second-order valence-electron chi connectivity index (χ2n) is 5.10. The third kappa shape index (κ3) is 3.51. The zero-order chi connectivity index (χ0) is 13.0. The molecule has 0 amide bonds. The molecule has 102 valence electrons. The smallest absolute Gasteiger partial charge is 0.138 e. The van der Waals surface area contributed by atoms with Gasteiger partial charge in [0, 0.05) is 25.6 Å². The minimum Gasteiger partial charge on any atom is -0.390 e. The Labute approximate surface area is 107 Å². The fraction of sp³-hybridized carbons (Fsp3) is 0.833. The number of aliphatic hydroxyl groups is 1. The summed E-state index contributed by atoms with van der Waals surface area (Å²) < 4.78 is 7.22. The molecule has 0 aliphatic carbocycles. The van der Waals surface area contributed by atoms with Gasteiger partial charge in [0.1, 0.15) is 12.2 Å². The Bertz CT molecular complexity index is 372. The third-order valence-corrected chi connectivity index (χ3v) is 3.22. The predicted octanol–water partition coefficient (Wildman–Crippen LogP) is -0.0300. The van der Waals surface area contributed by atoms with Gasteiger partial charge in [-0.3, -0.25) is 4.68 Å². The van der Waals surface area contributed by atoms with Gasteiger partial charge in [-0.1, -0.05) is 0 Å². The highest BCUT2D eigenvalue weighted by Gasteiger charge is 2.28. The van der Waals surface area contributed by atoms with E-state index in [9.17, 15) is 5.11 Å². The fourth-order valence-electron chi connectivity index (χ4n) is 2.38.